The minimum atomic E-state index is 0.680. The van der Waals surface area contributed by atoms with Gasteiger partial charge in [0.15, 0.2) is 5.82 Å². The first-order valence-corrected chi connectivity index (χ1v) is 13.9. The summed E-state index contributed by atoms with van der Waals surface area (Å²) in [6.45, 7) is 0. The lowest BCUT2D eigenvalue weighted by atomic mass is 10.1. The highest BCUT2D eigenvalue weighted by molar-refractivity contribution is 6.34. The fourth-order valence-electron chi connectivity index (χ4n) is 6.39. The van der Waals surface area contributed by atoms with Crippen molar-refractivity contribution in [1.29, 1.82) is 0 Å². The smallest absolute Gasteiger partial charge is 0.161 e. The number of hydrogen-bond donors (Lipinski definition) is 0. The molecule has 0 bridgehead atoms. The molecule has 0 atom stereocenters. The van der Waals surface area contributed by atoms with Crippen LogP contribution < -0.4 is 0 Å². The molecule has 6 heteroatoms. The van der Waals surface area contributed by atoms with Gasteiger partial charge in [0.2, 0.25) is 0 Å². The van der Waals surface area contributed by atoms with Crippen molar-refractivity contribution in [3.05, 3.63) is 134 Å². The first kappa shape index (κ1) is 22.9. The molecule has 0 unspecified atom stereocenters. The summed E-state index contributed by atoms with van der Waals surface area (Å²) in [6.07, 6.45) is 5.42. The highest BCUT2D eigenvalue weighted by atomic mass is 15.1. The van der Waals surface area contributed by atoms with E-state index in [2.05, 4.69) is 93.0 Å². The van der Waals surface area contributed by atoms with Crippen LogP contribution in [0.2, 0.25) is 0 Å². The van der Waals surface area contributed by atoms with E-state index in [1.165, 1.54) is 0 Å². The van der Waals surface area contributed by atoms with Crippen LogP contribution in [0.4, 0.5) is 0 Å². The van der Waals surface area contributed by atoms with Gasteiger partial charge in [-0.15, -0.1) is 0 Å². The zero-order chi connectivity index (χ0) is 27.6. The maximum Gasteiger partial charge on any atom is 0.161 e. The van der Waals surface area contributed by atoms with Gasteiger partial charge in [0.05, 0.1) is 33.1 Å². The van der Waals surface area contributed by atoms with E-state index in [-0.39, 0.29) is 0 Å². The first-order valence-electron chi connectivity index (χ1n) is 13.9. The monoisotopic (exact) mass is 538 g/mol. The van der Waals surface area contributed by atoms with Crippen LogP contribution in [0, 0.1) is 0 Å². The lowest BCUT2D eigenvalue weighted by Crippen LogP contribution is -2.02. The van der Waals surface area contributed by atoms with Crippen molar-refractivity contribution in [3.63, 3.8) is 0 Å². The molecule has 0 saturated heterocycles. The van der Waals surface area contributed by atoms with E-state index in [0.29, 0.717) is 5.82 Å². The number of para-hydroxylation sites is 3. The van der Waals surface area contributed by atoms with Crippen molar-refractivity contribution in [2.75, 3.05) is 0 Å². The number of benzene rings is 5. The van der Waals surface area contributed by atoms with Gasteiger partial charge >= 0.3 is 0 Å². The van der Waals surface area contributed by atoms with Gasteiger partial charge in [-0.2, -0.15) is 0 Å². The van der Waals surface area contributed by atoms with E-state index in [9.17, 15) is 0 Å². The Kier molecular flexibility index (Phi) is 4.80. The fourth-order valence-corrected chi connectivity index (χ4v) is 6.39. The molecule has 4 aromatic heterocycles. The van der Waals surface area contributed by atoms with Crippen molar-refractivity contribution in [1.82, 2.24) is 29.1 Å². The Morgan fingerprint density at radius 2 is 1.00 bits per heavy atom. The van der Waals surface area contributed by atoms with E-state index >= 15 is 0 Å². The summed E-state index contributed by atoms with van der Waals surface area (Å²) >= 11 is 0. The molecular weight excluding hydrogens is 516 g/mol. The Balaban J connectivity index is 1.57. The molecule has 0 radical (unpaired) electrons. The highest BCUT2D eigenvalue weighted by Crippen LogP contribution is 2.45. The van der Waals surface area contributed by atoms with Crippen LogP contribution in [0.3, 0.4) is 0 Å². The highest BCUT2D eigenvalue weighted by Gasteiger charge is 2.26. The number of nitrogens with zero attached hydrogens (tertiary/aromatic N) is 6. The van der Waals surface area contributed by atoms with Gasteiger partial charge in [-0.05, 0) is 30.3 Å². The normalized spacial score (nSPS) is 11.8. The number of aromatic nitrogens is 6. The first-order chi connectivity index (χ1) is 20.9. The third-order valence-electron chi connectivity index (χ3n) is 8.06. The number of rotatable bonds is 3. The Bertz CT molecular complexity index is 2460. The zero-order valence-electron chi connectivity index (χ0n) is 22.4. The minimum absolute atomic E-state index is 0.680. The SMILES string of the molecule is c1ccc(-c2nccc(-n3c4ccccc4c4c5nccnc5c5c6ccccc6n(-c6ccccc6)c5c43)n2)cc1. The molecule has 5 aromatic carbocycles. The predicted octanol–water partition coefficient (Wildman–Crippen LogP) is 8.28. The van der Waals surface area contributed by atoms with Crippen molar-refractivity contribution in [2.24, 2.45) is 0 Å². The van der Waals surface area contributed by atoms with Crippen molar-refractivity contribution >= 4 is 54.6 Å². The van der Waals surface area contributed by atoms with E-state index in [0.717, 1.165) is 71.7 Å². The largest absolute Gasteiger partial charge is 0.307 e. The van der Waals surface area contributed by atoms with Gasteiger partial charge in [-0.1, -0.05) is 84.9 Å². The van der Waals surface area contributed by atoms with E-state index in [4.69, 9.17) is 15.0 Å². The van der Waals surface area contributed by atoms with Crippen LogP contribution in [0.1, 0.15) is 0 Å². The van der Waals surface area contributed by atoms with Crippen LogP contribution in [-0.4, -0.2) is 29.1 Å². The summed E-state index contributed by atoms with van der Waals surface area (Å²) in [5, 5.41) is 4.37. The van der Waals surface area contributed by atoms with E-state index < -0.39 is 0 Å². The molecule has 196 valence electrons. The number of hydrogen-bond acceptors (Lipinski definition) is 4. The molecule has 9 aromatic rings. The van der Waals surface area contributed by atoms with Gasteiger partial charge in [-0.3, -0.25) is 14.5 Å². The molecule has 0 N–H and O–H groups in total. The molecule has 0 aliphatic rings. The van der Waals surface area contributed by atoms with Gasteiger partial charge in [0.1, 0.15) is 5.82 Å². The van der Waals surface area contributed by atoms with Crippen LogP contribution in [0.5, 0.6) is 0 Å². The van der Waals surface area contributed by atoms with Crippen LogP contribution in [0.25, 0.3) is 77.5 Å². The maximum atomic E-state index is 5.14. The summed E-state index contributed by atoms with van der Waals surface area (Å²) < 4.78 is 4.63. The molecule has 9 rings (SSSR count). The van der Waals surface area contributed by atoms with Gasteiger partial charge < -0.3 is 4.57 Å². The molecule has 4 heterocycles. The second-order valence-electron chi connectivity index (χ2n) is 10.3. The standard InChI is InChI=1S/C36H22N6/c1-3-11-23(12-4-1)36-39-20-19-29(40-36)42-28-18-10-8-16-26(28)31-33-32(37-21-22-38-33)30-25-15-7-9-17-27(25)41(34(30)35(31)42)24-13-5-2-6-14-24/h1-22H. The molecule has 6 nitrogen and oxygen atoms in total. The van der Waals surface area contributed by atoms with Gasteiger partial charge in [0, 0.05) is 51.4 Å². The predicted molar refractivity (Wildman–Crippen MR) is 169 cm³/mol. The summed E-state index contributed by atoms with van der Waals surface area (Å²) in [5.74, 6) is 1.48. The van der Waals surface area contributed by atoms with Gasteiger partial charge in [-0.25, -0.2) is 9.97 Å². The average molecular weight is 539 g/mol. The van der Waals surface area contributed by atoms with E-state index in [1.807, 2.05) is 42.6 Å². The molecular formula is C36H22N6. The van der Waals surface area contributed by atoms with Crippen molar-refractivity contribution < 1.29 is 0 Å². The second-order valence-corrected chi connectivity index (χ2v) is 10.3. The molecule has 0 aliphatic carbocycles. The van der Waals surface area contributed by atoms with Crippen molar-refractivity contribution in [3.8, 4) is 22.9 Å². The quantitative estimate of drug-likeness (QED) is 0.227. The Hall–Kier alpha value is -5.88. The molecule has 0 spiro atoms. The zero-order valence-corrected chi connectivity index (χ0v) is 22.4. The lowest BCUT2D eigenvalue weighted by Gasteiger charge is -2.13. The minimum Gasteiger partial charge on any atom is -0.307 e. The molecule has 0 amide bonds. The second kappa shape index (κ2) is 8.81. The molecule has 42 heavy (non-hydrogen) atoms. The Morgan fingerprint density at radius 3 is 1.67 bits per heavy atom. The summed E-state index contributed by atoms with van der Waals surface area (Å²) in [6, 6.07) is 39.7. The molecule has 0 saturated carbocycles. The van der Waals surface area contributed by atoms with Crippen LogP contribution >= 0.6 is 0 Å². The average Bonchev–Trinajstić information content (AvgIpc) is 3.60. The van der Waals surface area contributed by atoms with Crippen molar-refractivity contribution in [2.45, 2.75) is 0 Å². The molecule has 0 fully saturated rings. The van der Waals surface area contributed by atoms with Gasteiger partial charge in [0.25, 0.3) is 0 Å². The fraction of sp³-hybridized carbons (Fsp3) is 0. The number of fused-ring (bicyclic) bond motifs is 10. The third kappa shape index (κ3) is 3.14. The van der Waals surface area contributed by atoms with Crippen LogP contribution in [0.15, 0.2) is 134 Å². The summed E-state index contributed by atoms with van der Waals surface area (Å²) in [7, 11) is 0. The Morgan fingerprint density at radius 1 is 0.452 bits per heavy atom. The van der Waals surface area contributed by atoms with Crippen LogP contribution in [-0.2, 0) is 0 Å². The Labute approximate surface area is 240 Å². The third-order valence-corrected chi connectivity index (χ3v) is 8.06. The summed E-state index contributed by atoms with van der Waals surface area (Å²) in [5.41, 5.74) is 8.10. The summed E-state index contributed by atoms with van der Waals surface area (Å²) in [4.78, 5) is 19.7. The topological polar surface area (TPSA) is 61.4 Å². The van der Waals surface area contributed by atoms with E-state index in [1.54, 1.807) is 12.4 Å². The lowest BCUT2D eigenvalue weighted by molar-refractivity contribution is 1.04. The molecule has 0 aliphatic heterocycles. The maximum absolute atomic E-state index is 5.14.